The summed E-state index contributed by atoms with van der Waals surface area (Å²) in [5, 5.41) is 8.92. The van der Waals surface area contributed by atoms with Gasteiger partial charge in [0.25, 0.3) is 0 Å². The Morgan fingerprint density at radius 2 is 1.50 bits per heavy atom. The zero-order valence-corrected chi connectivity index (χ0v) is 11.5. The van der Waals surface area contributed by atoms with Crippen LogP contribution in [0.15, 0.2) is 24.3 Å². The third-order valence-electron chi connectivity index (χ3n) is 3.12. The number of ether oxygens (including phenoxy) is 1. The van der Waals surface area contributed by atoms with E-state index in [1.165, 1.54) is 38.5 Å². The molecule has 0 saturated carbocycles. The topological polar surface area (TPSA) is 29.5 Å². The van der Waals surface area contributed by atoms with Crippen molar-refractivity contribution in [2.45, 2.75) is 58.5 Å². The Bertz CT molecular complexity index is 292. The van der Waals surface area contributed by atoms with Crippen molar-refractivity contribution >= 4 is 0 Å². The van der Waals surface area contributed by atoms with E-state index in [1.807, 2.05) is 24.3 Å². The maximum Gasteiger partial charge on any atom is 0.119 e. The molecule has 0 atom stereocenters. The lowest BCUT2D eigenvalue weighted by Gasteiger charge is -2.06. The summed E-state index contributed by atoms with van der Waals surface area (Å²) in [5.74, 6) is 0.901. The van der Waals surface area contributed by atoms with Gasteiger partial charge in [0.15, 0.2) is 0 Å². The van der Waals surface area contributed by atoms with Crippen molar-refractivity contribution in [2.24, 2.45) is 0 Å². The van der Waals surface area contributed by atoms with Crippen LogP contribution in [-0.4, -0.2) is 11.7 Å². The van der Waals surface area contributed by atoms with Gasteiger partial charge in [-0.3, -0.25) is 0 Å². The molecule has 18 heavy (non-hydrogen) atoms. The summed E-state index contributed by atoms with van der Waals surface area (Å²) in [6.07, 6.45) is 9.14. The van der Waals surface area contributed by atoms with Crippen LogP contribution in [0.25, 0.3) is 0 Å². The lowest BCUT2D eigenvalue weighted by Crippen LogP contribution is -1.97. The molecule has 2 heteroatoms. The first kappa shape index (κ1) is 15.0. The summed E-state index contributed by atoms with van der Waals surface area (Å²) in [4.78, 5) is 0. The molecule has 2 nitrogen and oxygen atoms in total. The molecule has 0 aromatic heterocycles. The molecule has 1 aromatic rings. The summed E-state index contributed by atoms with van der Waals surface area (Å²) in [7, 11) is 0. The molecule has 102 valence electrons. The smallest absolute Gasteiger partial charge is 0.119 e. The Morgan fingerprint density at radius 1 is 0.889 bits per heavy atom. The molecule has 0 aliphatic rings. The number of unbranched alkanes of at least 4 members (excludes halogenated alkanes) is 6. The minimum Gasteiger partial charge on any atom is -0.494 e. The fourth-order valence-electron chi connectivity index (χ4n) is 1.94. The van der Waals surface area contributed by atoms with Crippen LogP contribution in [0.3, 0.4) is 0 Å². The molecule has 1 N–H and O–H groups in total. The van der Waals surface area contributed by atoms with Crippen LogP contribution in [0, 0.1) is 0 Å². The second kappa shape index (κ2) is 9.95. The van der Waals surface area contributed by atoms with Gasteiger partial charge in [0, 0.05) is 0 Å². The first-order valence-electron chi connectivity index (χ1n) is 7.19. The molecule has 0 amide bonds. The van der Waals surface area contributed by atoms with E-state index in [1.54, 1.807) is 0 Å². The van der Waals surface area contributed by atoms with Crippen molar-refractivity contribution in [1.29, 1.82) is 0 Å². The molecule has 0 bridgehead atoms. The Morgan fingerprint density at radius 3 is 2.11 bits per heavy atom. The molecule has 0 fully saturated rings. The Labute approximate surface area is 111 Å². The van der Waals surface area contributed by atoms with Crippen molar-refractivity contribution in [3.05, 3.63) is 29.8 Å². The zero-order valence-electron chi connectivity index (χ0n) is 11.5. The molecule has 0 spiro atoms. The van der Waals surface area contributed by atoms with E-state index in [-0.39, 0.29) is 6.61 Å². The Hall–Kier alpha value is -1.02. The predicted octanol–water partition coefficient (Wildman–Crippen LogP) is 4.31. The minimum absolute atomic E-state index is 0.0953. The van der Waals surface area contributed by atoms with Gasteiger partial charge < -0.3 is 9.84 Å². The maximum atomic E-state index is 8.92. The van der Waals surface area contributed by atoms with Gasteiger partial charge in [-0.25, -0.2) is 0 Å². The summed E-state index contributed by atoms with van der Waals surface area (Å²) < 4.78 is 5.65. The number of aliphatic hydroxyl groups is 1. The van der Waals surface area contributed by atoms with E-state index in [2.05, 4.69) is 6.92 Å². The molecule has 1 rings (SSSR count). The quantitative estimate of drug-likeness (QED) is 0.627. The van der Waals surface area contributed by atoms with Crippen LogP contribution in [0.4, 0.5) is 0 Å². The van der Waals surface area contributed by atoms with Gasteiger partial charge in [-0.15, -0.1) is 0 Å². The van der Waals surface area contributed by atoms with Crippen LogP contribution >= 0.6 is 0 Å². The second-order valence-corrected chi connectivity index (χ2v) is 4.77. The summed E-state index contributed by atoms with van der Waals surface area (Å²) >= 11 is 0. The molecule has 0 unspecified atom stereocenters. The lowest BCUT2D eigenvalue weighted by atomic mass is 10.1. The maximum absolute atomic E-state index is 8.92. The van der Waals surface area contributed by atoms with Crippen molar-refractivity contribution in [3.63, 3.8) is 0 Å². The standard InChI is InChI=1S/C16H26O2/c1-2-3-4-5-6-7-8-13-18-16-11-9-15(14-17)10-12-16/h9-12,17H,2-8,13-14H2,1H3. The number of hydrogen-bond donors (Lipinski definition) is 1. The van der Waals surface area contributed by atoms with E-state index < -0.39 is 0 Å². The number of hydrogen-bond acceptors (Lipinski definition) is 2. The first-order valence-corrected chi connectivity index (χ1v) is 7.19. The van der Waals surface area contributed by atoms with Gasteiger partial charge in [0.1, 0.15) is 5.75 Å². The van der Waals surface area contributed by atoms with Crippen LogP contribution in [0.1, 0.15) is 57.4 Å². The van der Waals surface area contributed by atoms with Crippen molar-refractivity contribution in [2.75, 3.05) is 6.61 Å². The van der Waals surface area contributed by atoms with Crippen LogP contribution in [0.2, 0.25) is 0 Å². The highest BCUT2D eigenvalue weighted by Gasteiger charge is 1.95. The van der Waals surface area contributed by atoms with Crippen molar-refractivity contribution in [3.8, 4) is 5.75 Å². The fourth-order valence-corrected chi connectivity index (χ4v) is 1.94. The summed E-state index contributed by atoms with van der Waals surface area (Å²) in [6.45, 7) is 3.14. The van der Waals surface area contributed by atoms with E-state index in [0.29, 0.717) is 0 Å². The van der Waals surface area contributed by atoms with E-state index in [0.717, 1.165) is 24.3 Å². The summed E-state index contributed by atoms with van der Waals surface area (Å²) in [5.41, 5.74) is 0.929. The molecule has 0 aliphatic carbocycles. The number of benzene rings is 1. The van der Waals surface area contributed by atoms with Crippen LogP contribution < -0.4 is 4.74 Å². The minimum atomic E-state index is 0.0953. The van der Waals surface area contributed by atoms with Gasteiger partial charge in [0.2, 0.25) is 0 Å². The average Bonchev–Trinajstić information content (AvgIpc) is 2.42. The largest absolute Gasteiger partial charge is 0.494 e. The number of aliphatic hydroxyl groups excluding tert-OH is 1. The molecular weight excluding hydrogens is 224 g/mol. The SMILES string of the molecule is CCCCCCCCCOc1ccc(CO)cc1. The zero-order chi connectivity index (χ0) is 13.1. The molecule has 1 aromatic carbocycles. The molecule has 0 aliphatic heterocycles. The molecule has 0 saturated heterocycles. The van der Waals surface area contributed by atoms with E-state index in [4.69, 9.17) is 9.84 Å². The third kappa shape index (κ3) is 6.65. The molecule has 0 radical (unpaired) electrons. The fraction of sp³-hybridized carbons (Fsp3) is 0.625. The summed E-state index contributed by atoms with van der Waals surface area (Å²) in [6, 6.07) is 7.65. The highest BCUT2D eigenvalue weighted by atomic mass is 16.5. The van der Waals surface area contributed by atoms with Crippen LogP contribution in [0.5, 0.6) is 5.75 Å². The Balaban J connectivity index is 2.00. The van der Waals surface area contributed by atoms with E-state index >= 15 is 0 Å². The monoisotopic (exact) mass is 250 g/mol. The molecule has 0 heterocycles. The highest BCUT2D eigenvalue weighted by molar-refractivity contribution is 5.26. The normalized spacial score (nSPS) is 10.6. The Kier molecular flexibility index (Phi) is 8.32. The van der Waals surface area contributed by atoms with Gasteiger partial charge in [-0.05, 0) is 24.1 Å². The number of rotatable bonds is 10. The van der Waals surface area contributed by atoms with Gasteiger partial charge >= 0.3 is 0 Å². The second-order valence-electron chi connectivity index (χ2n) is 4.77. The third-order valence-corrected chi connectivity index (χ3v) is 3.12. The van der Waals surface area contributed by atoms with Gasteiger partial charge in [0.05, 0.1) is 13.2 Å². The average molecular weight is 250 g/mol. The first-order chi connectivity index (χ1) is 8.86. The van der Waals surface area contributed by atoms with E-state index in [9.17, 15) is 0 Å². The van der Waals surface area contributed by atoms with Crippen LogP contribution in [-0.2, 0) is 6.61 Å². The van der Waals surface area contributed by atoms with Gasteiger partial charge in [-0.2, -0.15) is 0 Å². The van der Waals surface area contributed by atoms with Gasteiger partial charge in [-0.1, -0.05) is 57.6 Å². The lowest BCUT2D eigenvalue weighted by molar-refractivity contribution is 0.281. The highest BCUT2D eigenvalue weighted by Crippen LogP contribution is 2.13. The van der Waals surface area contributed by atoms with Crippen molar-refractivity contribution in [1.82, 2.24) is 0 Å². The predicted molar refractivity (Wildman–Crippen MR) is 75.9 cm³/mol. The van der Waals surface area contributed by atoms with Crippen molar-refractivity contribution < 1.29 is 9.84 Å². The molecular formula is C16H26O2.